The smallest absolute Gasteiger partial charge is 0.270 e. The molecular formula is C22H27N5O3. The molecule has 1 aliphatic rings. The second-order valence-corrected chi connectivity index (χ2v) is 7.28. The number of ether oxygens (including phenoxy) is 2. The molecule has 1 fully saturated rings. The maximum atomic E-state index is 13.0. The third-order valence-corrected chi connectivity index (χ3v) is 5.39. The summed E-state index contributed by atoms with van der Waals surface area (Å²) in [6.07, 6.45) is 4.35. The van der Waals surface area contributed by atoms with Crippen molar-refractivity contribution in [3.05, 3.63) is 48.0 Å². The maximum Gasteiger partial charge on any atom is 0.270 e. The number of hydrogen-bond acceptors (Lipinski definition) is 6. The minimum atomic E-state index is 0.0195. The number of fused-ring (bicyclic) bond motifs is 1. The summed E-state index contributed by atoms with van der Waals surface area (Å²) >= 11 is 0. The molecule has 0 saturated carbocycles. The molecule has 0 bridgehead atoms. The van der Waals surface area contributed by atoms with Crippen molar-refractivity contribution in [3.63, 3.8) is 0 Å². The molecule has 0 unspecified atom stereocenters. The Morgan fingerprint density at radius 3 is 2.77 bits per heavy atom. The van der Waals surface area contributed by atoms with Crippen LogP contribution in [-0.4, -0.2) is 72.3 Å². The molecule has 0 spiro atoms. The summed E-state index contributed by atoms with van der Waals surface area (Å²) in [6, 6.07) is 7.69. The molecule has 1 N–H and O–H groups in total. The molecule has 8 heteroatoms. The highest BCUT2D eigenvalue weighted by atomic mass is 16.5. The third-order valence-electron chi connectivity index (χ3n) is 5.39. The Labute approximate surface area is 175 Å². The Kier molecular flexibility index (Phi) is 6.13. The average molecular weight is 409 g/mol. The van der Waals surface area contributed by atoms with Crippen LogP contribution in [0.5, 0.6) is 5.75 Å². The van der Waals surface area contributed by atoms with Gasteiger partial charge in [0.2, 0.25) is 0 Å². The largest absolute Gasteiger partial charge is 0.491 e. The van der Waals surface area contributed by atoms with E-state index in [2.05, 4.69) is 26.8 Å². The molecule has 8 nitrogen and oxygen atoms in total. The summed E-state index contributed by atoms with van der Waals surface area (Å²) in [6.45, 7) is 5.96. The minimum absolute atomic E-state index is 0.0195. The number of anilines is 1. The Balaban J connectivity index is 1.42. The topological polar surface area (TPSA) is 83.6 Å². The van der Waals surface area contributed by atoms with E-state index in [0.717, 1.165) is 47.5 Å². The van der Waals surface area contributed by atoms with Crippen molar-refractivity contribution in [1.29, 1.82) is 0 Å². The Morgan fingerprint density at radius 2 is 2.00 bits per heavy atom. The van der Waals surface area contributed by atoms with Crippen LogP contribution in [0.25, 0.3) is 10.9 Å². The van der Waals surface area contributed by atoms with E-state index in [1.807, 2.05) is 35.4 Å². The van der Waals surface area contributed by atoms with Gasteiger partial charge in [0.05, 0.1) is 6.61 Å². The van der Waals surface area contributed by atoms with Crippen molar-refractivity contribution in [2.24, 2.45) is 0 Å². The number of carbonyl (C=O) groups excluding carboxylic acids is 1. The predicted octanol–water partition coefficient (Wildman–Crippen LogP) is 2.51. The number of nitrogens with one attached hydrogen (secondary N) is 1. The number of hydrogen-bond donors (Lipinski definition) is 1. The molecule has 1 aliphatic heterocycles. The van der Waals surface area contributed by atoms with Gasteiger partial charge >= 0.3 is 0 Å². The van der Waals surface area contributed by atoms with Gasteiger partial charge in [-0.2, -0.15) is 0 Å². The third kappa shape index (κ3) is 4.23. The molecular weight excluding hydrogens is 382 g/mol. The van der Waals surface area contributed by atoms with Crippen molar-refractivity contribution in [2.75, 3.05) is 51.4 Å². The summed E-state index contributed by atoms with van der Waals surface area (Å²) in [5.74, 6) is 1.75. The molecule has 1 saturated heterocycles. The Hall–Kier alpha value is -3.13. The fourth-order valence-corrected chi connectivity index (χ4v) is 3.73. The first kappa shape index (κ1) is 20.2. The number of carbonyl (C=O) groups is 1. The predicted molar refractivity (Wildman–Crippen MR) is 115 cm³/mol. The number of aromatic amines is 1. The van der Waals surface area contributed by atoms with Gasteiger partial charge in [-0.05, 0) is 24.6 Å². The SMILES string of the molecule is CCc1cncnc1N1CCN(C(=O)c2cc3ccc(OCCOC)cc3[nH]2)CC1. The number of rotatable bonds is 7. The summed E-state index contributed by atoms with van der Waals surface area (Å²) in [4.78, 5) is 29.0. The average Bonchev–Trinajstić information content (AvgIpc) is 3.22. The normalized spacial score (nSPS) is 14.3. The van der Waals surface area contributed by atoms with E-state index in [9.17, 15) is 4.79 Å². The number of aryl methyl sites for hydroxylation is 1. The lowest BCUT2D eigenvalue weighted by molar-refractivity contribution is 0.0741. The molecule has 0 radical (unpaired) electrons. The molecule has 4 rings (SSSR count). The highest BCUT2D eigenvalue weighted by Crippen LogP contribution is 2.23. The van der Waals surface area contributed by atoms with Gasteiger partial charge in [0, 0.05) is 62.0 Å². The summed E-state index contributed by atoms with van der Waals surface area (Å²) in [7, 11) is 1.64. The van der Waals surface area contributed by atoms with E-state index in [4.69, 9.17) is 9.47 Å². The lowest BCUT2D eigenvalue weighted by atomic mass is 10.2. The van der Waals surface area contributed by atoms with Gasteiger partial charge in [-0.3, -0.25) is 4.79 Å². The number of aromatic nitrogens is 3. The highest BCUT2D eigenvalue weighted by Gasteiger charge is 2.25. The first-order valence-electron chi connectivity index (χ1n) is 10.3. The zero-order valence-corrected chi connectivity index (χ0v) is 17.4. The molecule has 0 aliphatic carbocycles. The number of methoxy groups -OCH3 is 1. The molecule has 30 heavy (non-hydrogen) atoms. The standard InChI is InChI=1S/C22H27N5O3/c1-3-16-14-23-15-24-21(16)26-6-8-27(9-7-26)22(28)20-12-17-4-5-18(13-19(17)25-20)30-11-10-29-2/h4-5,12-15,25H,3,6-11H2,1-2H3. The summed E-state index contributed by atoms with van der Waals surface area (Å²) < 4.78 is 10.7. The van der Waals surface area contributed by atoms with Gasteiger partial charge < -0.3 is 24.3 Å². The van der Waals surface area contributed by atoms with Crippen molar-refractivity contribution in [2.45, 2.75) is 13.3 Å². The van der Waals surface area contributed by atoms with Crippen molar-refractivity contribution in [3.8, 4) is 5.75 Å². The molecule has 158 valence electrons. The summed E-state index contributed by atoms with van der Waals surface area (Å²) in [5.41, 5.74) is 2.63. The number of amides is 1. The molecule has 1 amide bonds. The first-order chi connectivity index (χ1) is 14.7. The van der Waals surface area contributed by atoms with Crippen LogP contribution in [0.15, 0.2) is 36.8 Å². The van der Waals surface area contributed by atoms with E-state index >= 15 is 0 Å². The highest BCUT2D eigenvalue weighted by molar-refractivity contribution is 5.98. The van der Waals surface area contributed by atoms with Crippen LogP contribution in [0.2, 0.25) is 0 Å². The number of nitrogens with zero attached hydrogens (tertiary/aromatic N) is 4. The Morgan fingerprint density at radius 1 is 1.17 bits per heavy atom. The van der Waals surface area contributed by atoms with Gasteiger partial charge in [-0.25, -0.2) is 9.97 Å². The maximum absolute atomic E-state index is 13.0. The molecule has 0 atom stereocenters. The monoisotopic (exact) mass is 409 g/mol. The molecule has 3 heterocycles. The number of piperazine rings is 1. The van der Waals surface area contributed by atoms with E-state index in [1.165, 1.54) is 0 Å². The van der Waals surface area contributed by atoms with Crippen LogP contribution in [0.3, 0.4) is 0 Å². The first-order valence-corrected chi connectivity index (χ1v) is 10.3. The zero-order chi connectivity index (χ0) is 20.9. The van der Waals surface area contributed by atoms with Crippen LogP contribution < -0.4 is 9.64 Å². The summed E-state index contributed by atoms with van der Waals surface area (Å²) in [5, 5.41) is 0.990. The quantitative estimate of drug-likeness (QED) is 0.604. The van der Waals surface area contributed by atoms with E-state index in [-0.39, 0.29) is 5.91 Å². The van der Waals surface area contributed by atoms with Crippen LogP contribution in [0.4, 0.5) is 5.82 Å². The zero-order valence-electron chi connectivity index (χ0n) is 17.4. The van der Waals surface area contributed by atoms with E-state index < -0.39 is 0 Å². The van der Waals surface area contributed by atoms with Gasteiger partial charge in [-0.15, -0.1) is 0 Å². The number of benzene rings is 1. The van der Waals surface area contributed by atoms with Crippen LogP contribution in [-0.2, 0) is 11.2 Å². The molecule has 1 aromatic carbocycles. The molecule has 2 aromatic heterocycles. The van der Waals surface area contributed by atoms with Gasteiger partial charge in [0.25, 0.3) is 5.91 Å². The number of H-pyrrole nitrogens is 1. The van der Waals surface area contributed by atoms with Crippen LogP contribution >= 0.6 is 0 Å². The lowest BCUT2D eigenvalue weighted by Crippen LogP contribution is -2.49. The van der Waals surface area contributed by atoms with Crippen molar-refractivity contribution in [1.82, 2.24) is 19.9 Å². The van der Waals surface area contributed by atoms with Crippen LogP contribution in [0, 0.1) is 0 Å². The molecule has 3 aromatic rings. The van der Waals surface area contributed by atoms with Gasteiger partial charge in [0.1, 0.15) is 30.2 Å². The van der Waals surface area contributed by atoms with E-state index in [0.29, 0.717) is 32.0 Å². The van der Waals surface area contributed by atoms with Gasteiger partial charge in [0.15, 0.2) is 0 Å². The fourth-order valence-electron chi connectivity index (χ4n) is 3.73. The van der Waals surface area contributed by atoms with E-state index in [1.54, 1.807) is 13.4 Å². The van der Waals surface area contributed by atoms with Crippen molar-refractivity contribution < 1.29 is 14.3 Å². The van der Waals surface area contributed by atoms with Gasteiger partial charge in [-0.1, -0.05) is 6.92 Å². The lowest BCUT2D eigenvalue weighted by Gasteiger charge is -2.35. The minimum Gasteiger partial charge on any atom is -0.491 e. The fraction of sp³-hybridized carbons (Fsp3) is 0.409. The second-order valence-electron chi connectivity index (χ2n) is 7.28. The van der Waals surface area contributed by atoms with Crippen molar-refractivity contribution >= 4 is 22.6 Å². The van der Waals surface area contributed by atoms with Crippen LogP contribution in [0.1, 0.15) is 23.0 Å². The Bertz CT molecular complexity index is 1010. The second kappa shape index (κ2) is 9.13.